The first-order chi connectivity index (χ1) is 6.77. The van der Waals surface area contributed by atoms with E-state index in [4.69, 9.17) is 10.5 Å². The standard InChI is InChI=1S/C11H15NO2/c12-10-5-2-6-14-11(10)8-3-1-4-9(13)7-8/h1,3-4,7,10-11,13H,2,5-6,12H2. The number of hydrogen-bond donors (Lipinski definition) is 2. The van der Waals surface area contributed by atoms with Gasteiger partial charge in [0.05, 0.1) is 6.10 Å². The van der Waals surface area contributed by atoms with E-state index in [9.17, 15) is 5.11 Å². The highest BCUT2D eigenvalue weighted by Crippen LogP contribution is 2.28. The molecule has 2 unspecified atom stereocenters. The monoisotopic (exact) mass is 193 g/mol. The molecular formula is C11H15NO2. The predicted molar refractivity (Wildman–Crippen MR) is 54.0 cm³/mol. The van der Waals surface area contributed by atoms with Gasteiger partial charge >= 0.3 is 0 Å². The van der Waals surface area contributed by atoms with E-state index in [1.165, 1.54) is 0 Å². The lowest BCUT2D eigenvalue weighted by Crippen LogP contribution is -2.34. The zero-order valence-corrected chi connectivity index (χ0v) is 8.02. The molecule has 0 bridgehead atoms. The summed E-state index contributed by atoms with van der Waals surface area (Å²) >= 11 is 0. The summed E-state index contributed by atoms with van der Waals surface area (Å²) in [5.41, 5.74) is 6.92. The van der Waals surface area contributed by atoms with Gasteiger partial charge in [0.15, 0.2) is 0 Å². The molecule has 1 fully saturated rings. The summed E-state index contributed by atoms with van der Waals surface area (Å²) in [7, 11) is 0. The first kappa shape index (κ1) is 9.49. The lowest BCUT2D eigenvalue weighted by molar-refractivity contribution is 0.0000452. The Morgan fingerprint density at radius 3 is 3.00 bits per heavy atom. The molecule has 1 aromatic rings. The van der Waals surface area contributed by atoms with Crippen LogP contribution in [0.4, 0.5) is 0 Å². The van der Waals surface area contributed by atoms with E-state index < -0.39 is 0 Å². The van der Waals surface area contributed by atoms with E-state index in [0.717, 1.165) is 25.0 Å². The lowest BCUT2D eigenvalue weighted by Gasteiger charge is -2.29. The fourth-order valence-corrected chi connectivity index (χ4v) is 1.85. The zero-order chi connectivity index (χ0) is 9.97. The van der Waals surface area contributed by atoms with E-state index in [2.05, 4.69) is 0 Å². The van der Waals surface area contributed by atoms with E-state index in [1.807, 2.05) is 12.1 Å². The van der Waals surface area contributed by atoms with Gasteiger partial charge in [-0.25, -0.2) is 0 Å². The molecule has 0 spiro atoms. The quantitative estimate of drug-likeness (QED) is 0.711. The van der Waals surface area contributed by atoms with E-state index in [-0.39, 0.29) is 17.9 Å². The number of nitrogens with two attached hydrogens (primary N) is 1. The van der Waals surface area contributed by atoms with Crippen molar-refractivity contribution in [3.05, 3.63) is 29.8 Å². The van der Waals surface area contributed by atoms with Gasteiger partial charge in [0.2, 0.25) is 0 Å². The van der Waals surface area contributed by atoms with Crippen LogP contribution in [0.5, 0.6) is 5.75 Å². The van der Waals surface area contributed by atoms with Gasteiger partial charge in [0.1, 0.15) is 5.75 Å². The van der Waals surface area contributed by atoms with Gasteiger partial charge in [0.25, 0.3) is 0 Å². The Labute approximate surface area is 83.5 Å². The number of phenolic OH excluding ortho intramolecular Hbond substituents is 1. The van der Waals surface area contributed by atoms with Gasteiger partial charge in [-0.05, 0) is 30.5 Å². The van der Waals surface area contributed by atoms with Crippen LogP contribution in [0.1, 0.15) is 24.5 Å². The number of benzene rings is 1. The maximum absolute atomic E-state index is 9.33. The highest BCUT2D eigenvalue weighted by atomic mass is 16.5. The Morgan fingerprint density at radius 1 is 1.43 bits per heavy atom. The van der Waals surface area contributed by atoms with Gasteiger partial charge in [-0.2, -0.15) is 0 Å². The largest absolute Gasteiger partial charge is 0.508 e. The number of ether oxygens (including phenoxy) is 1. The van der Waals surface area contributed by atoms with Crippen molar-refractivity contribution in [1.29, 1.82) is 0 Å². The third kappa shape index (κ3) is 1.89. The van der Waals surface area contributed by atoms with Crippen LogP contribution in [-0.2, 0) is 4.74 Å². The molecule has 1 heterocycles. The van der Waals surface area contributed by atoms with Gasteiger partial charge in [0, 0.05) is 12.6 Å². The van der Waals surface area contributed by atoms with Gasteiger partial charge in [-0.15, -0.1) is 0 Å². The summed E-state index contributed by atoms with van der Waals surface area (Å²) < 4.78 is 5.60. The van der Waals surface area contributed by atoms with Crippen LogP contribution in [-0.4, -0.2) is 17.8 Å². The van der Waals surface area contributed by atoms with Crippen molar-refractivity contribution >= 4 is 0 Å². The molecular weight excluding hydrogens is 178 g/mol. The highest BCUT2D eigenvalue weighted by molar-refractivity contribution is 5.29. The minimum absolute atomic E-state index is 0.0468. The Bertz CT molecular complexity index is 314. The van der Waals surface area contributed by atoms with Crippen LogP contribution in [0.15, 0.2) is 24.3 Å². The van der Waals surface area contributed by atoms with Crippen molar-refractivity contribution in [3.63, 3.8) is 0 Å². The smallest absolute Gasteiger partial charge is 0.115 e. The topological polar surface area (TPSA) is 55.5 Å². The van der Waals surface area contributed by atoms with Gasteiger partial charge in [-0.1, -0.05) is 12.1 Å². The van der Waals surface area contributed by atoms with Crippen molar-refractivity contribution < 1.29 is 9.84 Å². The molecule has 0 saturated carbocycles. The van der Waals surface area contributed by atoms with Crippen molar-refractivity contribution in [1.82, 2.24) is 0 Å². The summed E-state index contributed by atoms with van der Waals surface area (Å²) in [6.07, 6.45) is 1.95. The van der Waals surface area contributed by atoms with Crippen molar-refractivity contribution in [2.75, 3.05) is 6.61 Å². The first-order valence-corrected chi connectivity index (χ1v) is 4.93. The number of aromatic hydroxyl groups is 1. The maximum Gasteiger partial charge on any atom is 0.115 e. The Kier molecular flexibility index (Phi) is 2.70. The van der Waals surface area contributed by atoms with Gasteiger partial charge < -0.3 is 15.6 Å². The molecule has 1 aliphatic heterocycles. The average molecular weight is 193 g/mol. The predicted octanol–water partition coefficient (Wildman–Crippen LogP) is 1.57. The SMILES string of the molecule is NC1CCCOC1c1cccc(O)c1. The van der Waals surface area contributed by atoms with Crippen molar-refractivity contribution in [2.45, 2.75) is 25.0 Å². The molecule has 14 heavy (non-hydrogen) atoms. The average Bonchev–Trinajstić information content (AvgIpc) is 2.18. The summed E-state index contributed by atoms with van der Waals surface area (Å²) in [6.45, 7) is 0.758. The molecule has 0 radical (unpaired) electrons. The van der Waals surface area contributed by atoms with Crippen LogP contribution in [0, 0.1) is 0 Å². The minimum atomic E-state index is -0.0594. The van der Waals surface area contributed by atoms with E-state index in [0.29, 0.717) is 0 Å². The molecule has 2 atom stereocenters. The second kappa shape index (κ2) is 3.98. The van der Waals surface area contributed by atoms with Crippen LogP contribution < -0.4 is 5.73 Å². The van der Waals surface area contributed by atoms with Crippen molar-refractivity contribution in [3.8, 4) is 5.75 Å². The fourth-order valence-electron chi connectivity index (χ4n) is 1.85. The highest BCUT2D eigenvalue weighted by Gasteiger charge is 2.24. The molecule has 3 N–H and O–H groups in total. The van der Waals surface area contributed by atoms with Crippen LogP contribution >= 0.6 is 0 Å². The molecule has 1 saturated heterocycles. The lowest BCUT2D eigenvalue weighted by atomic mass is 9.97. The van der Waals surface area contributed by atoms with Crippen LogP contribution in [0.2, 0.25) is 0 Å². The number of rotatable bonds is 1. The molecule has 1 aromatic carbocycles. The molecule has 76 valence electrons. The van der Waals surface area contributed by atoms with Crippen LogP contribution in [0.3, 0.4) is 0 Å². The second-order valence-electron chi connectivity index (χ2n) is 3.69. The molecule has 0 aliphatic carbocycles. The van der Waals surface area contributed by atoms with E-state index >= 15 is 0 Å². The molecule has 3 heteroatoms. The third-order valence-corrected chi connectivity index (χ3v) is 2.57. The molecule has 0 aromatic heterocycles. The number of hydrogen-bond acceptors (Lipinski definition) is 3. The Hall–Kier alpha value is -1.06. The summed E-state index contributed by atoms with van der Waals surface area (Å²) in [4.78, 5) is 0. The maximum atomic E-state index is 9.33. The molecule has 2 rings (SSSR count). The van der Waals surface area contributed by atoms with Crippen molar-refractivity contribution in [2.24, 2.45) is 5.73 Å². The molecule has 0 amide bonds. The summed E-state index contributed by atoms with van der Waals surface area (Å²) in [5.74, 6) is 0.267. The molecule has 1 aliphatic rings. The van der Waals surface area contributed by atoms with E-state index in [1.54, 1.807) is 12.1 Å². The summed E-state index contributed by atoms with van der Waals surface area (Å²) in [5, 5.41) is 9.33. The minimum Gasteiger partial charge on any atom is -0.508 e. The number of phenols is 1. The second-order valence-corrected chi connectivity index (χ2v) is 3.69. The Balaban J connectivity index is 2.20. The first-order valence-electron chi connectivity index (χ1n) is 4.93. The normalized spacial score (nSPS) is 27.5. The summed E-state index contributed by atoms with van der Waals surface area (Å²) in [6, 6.07) is 7.17. The fraction of sp³-hybridized carbons (Fsp3) is 0.455. The van der Waals surface area contributed by atoms with Crippen LogP contribution in [0.25, 0.3) is 0 Å². The zero-order valence-electron chi connectivity index (χ0n) is 8.02. The Morgan fingerprint density at radius 2 is 2.29 bits per heavy atom. The third-order valence-electron chi connectivity index (χ3n) is 2.57. The molecule has 3 nitrogen and oxygen atoms in total. The van der Waals surface area contributed by atoms with Gasteiger partial charge in [-0.3, -0.25) is 0 Å².